The molecule has 1 aromatic carbocycles. The van der Waals surface area contributed by atoms with Crippen LogP contribution in [0.15, 0.2) is 42.7 Å². The maximum absolute atomic E-state index is 14.1. The van der Waals surface area contributed by atoms with Gasteiger partial charge in [-0.1, -0.05) is 18.2 Å². The van der Waals surface area contributed by atoms with E-state index in [2.05, 4.69) is 21.6 Å². The van der Waals surface area contributed by atoms with E-state index in [0.717, 1.165) is 47.5 Å². The predicted molar refractivity (Wildman–Crippen MR) is 89.5 cm³/mol. The fourth-order valence-corrected chi connectivity index (χ4v) is 3.42. The summed E-state index contributed by atoms with van der Waals surface area (Å²) in [6.07, 6.45) is 7.69. The van der Waals surface area contributed by atoms with Crippen LogP contribution in [0.25, 0.3) is 22.4 Å². The van der Waals surface area contributed by atoms with Crippen molar-refractivity contribution in [2.24, 2.45) is 0 Å². The molecule has 1 aliphatic rings. The summed E-state index contributed by atoms with van der Waals surface area (Å²) in [5.74, 6) is -0.0687. The molecule has 0 saturated carbocycles. The first-order valence-corrected chi connectivity index (χ1v) is 8.35. The van der Waals surface area contributed by atoms with Gasteiger partial charge in [0.05, 0.1) is 6.20 Å². The molecule has 0 amide bonds. The third-order valence-electron chi connectivity index (χ3n) is 4.69. The van der Waals surface area contributed by atoms with Gasteiger partial charge in [-0.2, -0.15) is 0 Å². The van der Waals surface area contributed by atoms with Gasteiger partial charge in [0, 0.05) is 23.2 Å². The SMILES string of the molecule is On1[n+]#cc(C2CCNCC2)c1-c1cccc(-c2ccncc2F)c1. The monoisotopic (exact) mass is 337 g/mol. The Kier molecular flexibility index (Phi) is 4.08. The lowest BCUT2D eigenvalue weighted by atomic mass is 9.88. The van der Waals surface area contributed by atoms with Crippen molar-refractivity contribution >= 4 is 0 Å². The molecule has 1 saturated heterocycles. The molecule has 0 unspecified atom stereocenters. The van der Waals surface area contributed by atoms with Crippen LogP contribution < -0.4 is 10.4 Å². The molecule has 6 heteroatoms. The zero-order valence-electron chi connectivity index (χ0n) is 13.6. The number of nitrogens with one attached hydrogen (secondary N) is 1. The minimum Gasteiger partial charge on any atom is -0.371 e. The molecule has 0 bridgehead atoms. The lowest BCUT2D eigenvalue weighted by Gasteiger charge is -2.20. The van der Waals surface area contributed by atoms with E-state index in [1.165, 1.54) is 6.20 Å². The molecule has 2 N–H and O–H groups in total. The Bertz CT molecular complexity index is 887. The third-order valence-corrected chi connectivity index (χ3v) is 4.69. The average Bonchev–Trinajstić information content (AvgIpc) is 3.04. The molecule has 3 heterocycles. The van der Waals surface area contributed by atoms with Gasteiger partial charge in [0.15, 0.2) is 5.69 Å². The first-order valence-electron chi connectivity index (χ1n) is 8.35. The van der Waals surface area contributed by atoms with E-state index >= 15 is 0 Å². The number of aromatic nitrogens is 3. The molecular formula is C19H18FN4O+. The van der Waals surface area contributed by atoms with E-state index < -0.39 is 0 Å². The van der Waals surface area contributed by atoms with Gasteiger partial charge in [0.1, 0.15) is 21.3 Å². The molecule has 25 heavy (non-hydrogen) atoms. The van der Waals surface area contributed by atoms with Gasteiger partial charge in [-0.15, -0.1) is 0 Å². The standard InChI is InChI=1S/C19H18FN4O/c20-18-12-22-9-6-16(18)14-2-1-3-15(10-14)19-17(11-23-24(19)25)13-4-7-21-8-5-13/h1-3,6,9-10,12-13,21,25H,4-5,7-8H2/q+1. The molecule has 3 aromatic rings. The maximum Gasteiger partial charge on any atom is 0.360 e. The third kappa shape index (κ3) is 2.94. The van der Waals surface area contributed by atoms with Crippen molar-refractivity contribution in [3.05, 3.63) is 60.3 Å². The fourth-order valence-electron chi connectivity index (χ4n) is 3.42. The highest BCUT2D eigenvalue weighted by atomic mass is 19.1. The largest absolute Gasteiger partial charge is 0.371 e. The molecule has 5 nitrogen and oxygen atoms in total. The lowest BCUT2D eigenvalue weighted by Crippen LogP contribution is -2.26. The quantitative estimate of drug-likeness (QED) is 0.721. The van der Waals surface area contributed by atoms with Gasteiger partial charge >= 0.3 is 6.20 Å². The van der Waals surface area contributed by atoms with Crippen molar-refractivity contribution in [2.45, 2.75) is 18.8 Å². The minimum absolute atomic E-state index is 0.304. The molecule has 4 rings (SSSR count). The van der Waals surface area contributed by atoms with E-state index in [9.17, 15) is 9.60 Å². The second-order valence-corrected chi connectivity index (χ2v) is 6.22. The molecule has 1 aliphatic heterocycles. The Balaban J connectivity index is 1.77. The predicted octanol–water partition coefficient (Wildman–Crippen LogP) is 2.46. The molecule has 126 valence electrons. The van der Waals surface area contributed by atoms with Crippen LogP contribution in [0, 0.1) is 12.0 Å². The maximum atomic E-state index is 14.1. The van der Waals surface area contributed by atoms with Crippen LogP contribution in [-0.2, 0) is 0 Å². The van der Waals surface area contributed by atoms with E-state index in [-0.39, 0.29) is 5.82 Å². The van der Waals surface area contributed by atoms with Crippen LogP contribution in [0.5, 0.6) is 0 Å². The van der Waals surface area contributed by atoms with Gasteiger partial charge in [-0.05, 0) is 43.6 Å². The number of nitrogens with zero attached hydrogens (tertiary/aromatic N) is 3. The summed E-state index contributed by atoms with van der Waals surface area (Å²) in [4.78, 5) is 4.67. The van der Waals surface area contributed by atoms with E-state index in [0.29, 0.717) is 17.2 Å². The Morgan fingerprint density at radius 2 is 2.04 bits per heavy atom. The van der Waals surface area contributed by atoms with Crippen LogP contribution in [0.3, 0.4) is 0 Å². The highest BCUT2D eigenvalue weighted by Crippen LogP contribution is 2.33. The summed E-state index contributed by atoms with van der Waals surface area (Å²) in [5, 5.41) is 17.5. The molecular weight excluding hydrogens is 319 g/mol. The fraction of sp³-hybridized carbons (Fsp3) is 0.263. The van der Waals surface area contributed by atoms with Crippen LogP contribution in [0.1, 0.15) is 24.3 Å². The van der Waals surface area contributed by atoms with Crippen LogP contribution >= 0.6 is 0 Å². The summed E-state index contributed by atoms with van der Waals surface area (Å²) in [6, 6.07) is 9.09. The highest BCUT2D eigenvalue weighted by Gasteiger charge is 2.28. The van der Waals surface area contributed by atoms with Crippen molar-refractivity contribution in [3.8, 4) is 22.4 Å². The molecule has 2 aromatic heterocycles. The number of benzene rings is 1. The molecule has 1 fully saturated rings. The zero-order valence-corrected chi connectivity index (χ0v) is 13.6. The van der Waals surface area contributed by atoms with E-state index in [1.807, 2.05) is 24.3 Å². The Hall–Kier alpha value is -2.91. The summed E-state index contributed by atoms with van der Waals surface area (Å²) in [5.41, 5.74) is 3.54. The van der Waals surface area contributed by atoms with Crippen LogP contribution in [0.4, 0.5) is 4.39 Å². The van der Waals surface area contributed by atoms with Gasteiger partial charge in [-0.3, -0.25) is 4.98 Å². The average molecular weight is 337 g/mol. The number of pyridine rings is 1. The number of piperidine rings is 1. The number of hydrogen-bond acceptors (Lipinski definition) is 3. The van der Waals surface area contributed by atoms with Crippen molar-refractivity contribution < 1.29 is 14.7 Å². The van der Waals surface area contributed by atoms with Gasteiger partial charge in [-0.25, -0.2) is 4.39 Å². The first-order chi connectivity index (χ1) is 12.2. The second-order valence-electron chi connectivity index (χ2n) is 6.22. The van der Waals surface area contributed by atoms with E-state index in [1.54, 1.807) is 12.3 Å². The number of hydrogen-bond donors (Lipinski definition) is 2. The summed E-state index contributed by atoms with van der Waals surface area (Å²) < 4.78 is 14.1. The Labute approximate surface area is 145 Å². The van der Waals surface area contributed by atoms with Crippen molar-refractivity contribution in [3.63, 3.8) is 0 Å². The van der Waals surface area contributed by atoms with E-state index in [4.69, 9.17) is 0 Å². The van der Waals surface area contributed by atoms with Gasteiger partial charge in [0.2, 0.25) is 0 Å². The normalized spacial score (nSPS) is 15.1. The highest BCUT2D eigenvalue weighted by molar-refractivity contribution is 5.72. The smallest absolute Gasteiger partial charge is 0.360 e. The van der Waals surface area contributed by atoms with Crippen LogP contribution in [-0.4, -0.2) is 28.1 Å². The number of rotatable bonds is 3. The zero-order chi connectivity index (χ0) is 17.2. The minimum atomic E-state index is -0.373. The van der Waals surface area contributed by atoms with Gasteiger partial charge in [0.25, 0.3) is 0 Å². The first kappa shape index (κ1) is 15.6. The Morgan fingerprint density at radius 1 is 1.24 bits per heavy atom. The van der Waals surface area contributed by atoms with Crippen molar-refractivity contribution in [1.29, 1.82) is 0 Å². The lowest BCUT2D eigenvalue weighted by molar-refractivity contribution is -0.472. The Morgan fingerprint density at radius 3 is 2.84 bits per heavy atom. The number of halogens is 1. The summed E-state index contributed by atoms with van der Waals surface area (Å²) in [7, 11) is 0. The van der Waals surface area contributed by atoms with Crippen LogP contribution in [0.2, 0.25) is 0 Å². The van der Waals surface area contributed by atoms with Crippen molar-refractivity contribution in [1.82, 2.24) is 15.1 Å². The molecule has 0 radical (unpaired) electrons. The van der Waals surface area contributed by atoms with Gasteiger partial charge < -0.3 is 10.5 Å². The topological polar surface area (TPSA) is 64.2 Å². The molecule has 0 atom stereocenters. The second kappa shape index (κ2) is 6.54. The summed E-state index contributed by atoms with van der Waals surface area (Å²) in [6.45, 7) is 1.88. The summed E-state index contributed by atoms with van der Waals surface area (Å²) >= 11 is 0. The van der Waals surface area contributed by atoms with Crippen molar-refractivity contribution in [2.75, 3.05) is 13.1 Å². The molecule has 0 aliphatic carbocycles. The molecule has 0 spiro atoms.